The van der Waals surface area contributed by atoms with Crippen molar-refractivity contribution in [2.45, 2.75) is 18.6 Å². The van der Waals surface area contributed by atoms with Crippen LogP contribution in [0.4, 0.5) is 13.2 Å². The Morgan fingerprint density at radius 2 is 2.04 bits per heavy atom. The number of ether oxygens (including phenoxy) is 1. The van der Waals surface area contributed by atoms with Gasteiger partial charge in [-0.1, -0.05) is 11.6 Å². The van der Waals surface area contributed by atoms with Crippen molar-refractivity contribution in [3.63, 3.8) is 0 Å². The van der Waals surface area contributed by atoms with Crippen molar-refractivity contribution in [1.82, 2.24) is 14.7 Å². The van der Waals surface area contributed by atoms with Crippen LogP contribution < -0.4 is 5.32 Å². The molecule has 0 bridgehead atoms. The molecule has 0 aliphatic heterocycles. The Morgan fingerprint density at radius 1 is 1.36 bits per heavy atom. The van der Waals surface area contributed by atoms with E-state index in [-0.39, 0.29) is 5.69 Å². The first-order chi connectivity index (χ1) is 11.6. The second-order valence-corrected chi connectivity index (χ2v) is 5.33. The molecule has 134 valence electrons. The summed E-state index contributed by atoms with van der Waals surface area (Å²) in [6.45, 7) is 0. The number of esters is 1. The van der Waals surface area contributed by atoms with Gasteiger partial charge < -0.3 is 10.1 Å². The van der Waals surface area contributed by atoms with Gasteiger partial charge in [-0.2, -0.15) is 13.2 Å². The molecule has 2 heterocycles. The fourth-order valence-corrected chi connectivity index (χ4v) is 2.19. The van der Waals surface area contributed by atoms with Crippen LogP contribution in [0.1, 0.15) is 16.9 Å². The number of ketones is 1. The normalized spacial score (nSPS) is 12.7. The van der Waals surface area contributed by atoms with E-state index in [1.165, 1.54) is 28.2 Å². The summed E-state index contributed by atoms with van der Waals surface area (Å²) in [5.41, 5.74) is 0.370. The van der Waals surface area contributed by atoms with E-state index in [4.69, 9.17) is 11.6 Å². The molecular formula is C14H11ClF3N3O4. The lowest BCUT2D eigenvalue weighted by molar-refractivity contribution is -0.175. The zero-order chi connectivity index (χ0) is 18.8. The number of aromatic nitrogens is 2. The molecule has 1 N–H and O–H groups in total. The third kappa shape index (κ3) is 4.27. The molecule has 0 radical (unpaired) electrons. The van der Waals surface area contributed by atoms with Gasteiger partial charge >= 0.3 is 18.1 Å². The predicted octanol–water partition coefficient (Wildman–Crippen LogP) is 1.78. The molecule has 0 fully saturated rings. The summed E-state index contributed by atoms with van der Waals surface area (Å²) in [6, 6.07) is 1.28. The smallest absolute Gasteiger partial charge is 0.467 e. The number of Topliss-reactive ketones (excluding diaryl/α,β-unsaturated/α-hetero) is 1. The van der Waals surface area contributed by atoms with Crippen LogP contribution in [0.3, 0.4) is 0 Å². The van der Waals surface area contributed by atoms with Crippen molar-refractivity contribution in [3.8, 4) is 0 Å². The first-order valence-electron chi connectivity index (χ1n) is 6.75. The molecule has 7 nitrogen and oxygen atoms in total. The van der Waals surface area contributed by atoms with Gasteiger partial charge in [0.05, 0.1) is 18.3 Å². The lowest BCUT2D eigenvalue weighted by atomic mass is 10.1. The zero-order valence-corrected chi connectivity index (χ0v) is 13.4. The van der Waals surface area contributed by atoms with Crippen molar-refractivity contribution >= 4 is 34.9 Å². The summed E-state index contributed by atoms with van der Waals surface area (Å²) in [6.07, 6.45) is -3.37. The zero-order valence-electron chi connectivity index (χ0n) is 12.6. The number of pyridine rings is 1. The number of nitrogens with one attached hydrogen (secondary N) is 1. The van der Waals surface area contributed by atoms with Gasteiger partial charge in [0.2, 0.25) is 0 Å². The fraction of sp³-hybridized carbons (Fsp3) is 0.286. The lowest BCUT2D eigenvalue weighted by Gasteiger charge is -2.16. The SMILES string of the molecule is COC(=O)[C@H](CC(=O)c1cnc2ccc(Cl)cn12)NC(=O)C(F)(F)F. The minimum Gasteiger partial charge on any atom is -0.467 e. The first-order valence-corrected chi connectivity index (χ1v) is 7.12. The molecule has 11 heteroatoms. The number of amides is 1. The summed E-state index contributed by atoms with van der Waals surface area (Å²) in [5.74, 6) is -4.26. The van der Waals surface area contributed by atoms with Gasteiger partial charge in [0.25, 0.3) is 0 Å². The van der Waals surface area contributed by atoms with Gasteiger partial charge in [0.1, 0.15) is 17.4 Å². The molecule has 1 atom stereocenters. The lowest BCUT2D eigenvalue weighted by Crippen LogP contribution is -2.48. The molecule has 0 aromatic carbocycles. The van der Waals surface area contributed by atoms with Crippen LogP contribution in [-0.2, 0) is 14.3 Å². The van der Waals surface area contributed by atoms with Crippen LogP contribution in [0.15, 0.2) is 24.5 Å². The summed E-state index contributed by atoms with van der Waals surface area (Å²) in [5, 5.41) is 1.75. The van der Waals surface area contributed by atoms with Crippen LogP contribution in [0, 0.1) is 0 Å². The van der Waals surface area contributed by atoms with Crippen molar-refractivity contribution in [2.24, 2.45) is 0 Å². The summed E-state index contributed by atoms with van der Waals surface area (Å²) >= 11 is 5.83. The molecule has 2 aromatic rings. The number of carbonyl (C=O) groups is 3. The number of carbonyl (C=O) groups excluding carboxylic acids is 3. The highest BCUT2D eigenvalue weighted by atomic mass is 35.5. The molecule has 1 amide bonds. The number of imidazole rings is 1. The molecule has 0 aliphatic carbocycles. The van der Waals surface area contributed by atoms with E-state index in [9.17, 15) is 27.6 Å². The van der Waals surface area contributed by atoms with Gasteiger partial charge in [-0.25, -0.2) is 9.78 Å². The monoisotopic (exact) mass is 377 g/mol. The topological polar surface area (TPSA) is 89.8 Å². The molecule has 0 spiro atoms. The largest absolute Gasteiger partial charge is 0.471 e. The molecule has 0 aliphatic rings. The van der Waals surface area contributed by atoms with E-state index < -0.39 is 36.3 Å². The molecule has 0 saturated heterocycles. The highest BCUT2D eigenvalue weighted by molar-refractivity contribution is 6.30. The quantitative estimate of drug-likeness (QED) is 0.633. The highest BCUT2D eigenvalue weighted by Crippen LogP contribution is 2.17. The number of rotatable bonds is 5. The van der Waals surface area contributed by atoms with E-state index in [0.717, 1.165) is 7.11 Å². The number of nitrogens with zero attached hydrogens (tertiary/aromatic N) is 2. The number of hydrogen-bond donors (Lipinski definition) is 1. The first kappa shape index (κ1) is 18.7. The van der Waals surface area contributed by atoms with E-state index in [2.05, 4.69) is 9.72 Å². The minimum atomic E-state index is -5.20. The van der Waals surface area contributed by atoms with E-state index in [1.54, 1.807) is 6.07 Å². The molecule has 2 aromatic heterocycles. The van der Waals surface area contributed by atoms with E-state index in [0.29, 0.717) is 10.7 Å². The molecule has 0 unspecified atom stereocenters. The Kier molecular flexibility index (Phi) is 5.31. The number of alkyl halides is 3. The third-order valence-corrected chi connectivity index (χ3v) is 3.42. The van der Waals surface area contributed by atoms with Crippen LogP contribution in [-0.4, -0.2) is 46.4 Å². The maximum atomic E-state index is 12.4. The van der Waals surface area contributed by atoms with E-state index in [1.807, 2.05) is 0 Å². The van der Waals surface area contributed by atoms with Gasteiger partial charge in [-0.15, -0.1) is 0 Å². The summed E-state index contributed by atoms with van der Waals surface area (Å²) in [7, 11) is 0.924. The molecule has 25 heavy (non-hydrogen) atoms. The minimum absolute atomic E-state index is 0.00680. The average Bonchev–Trinajstić information content (AvgIpc) is 2.95. The van der Waals surface area contributed by atoms with Gasteiger partial charge in [-0.05, 0) is 12.1 Å². The standard InChI is InChI=1S/C14H11ClF3N3O4/c1-25-12(23)8(20-13(24)14(16,17)18)4-10(22)9-5-19-11-3-2-7(15)6-21(9)11/h2-3,5-6,8H,4H2,1H3,(H,20,24)/t8-/m0/s1. The van der Waals surface area contributed by atoms with E-state index >= 15 is 0 Å². The Bertz CT molecular complexity index is 834. The maximum absolute atomic E-state index is 12.4. The maximum Gasteiger partial charge on any atom is 0.471 e. The molecular weight excluding hydrogens is 367 g/mol. The van der Waals surface area contributed by atoms with Gasteiger partial charge in [0.15, 0.2) is 5.78 Å². The fourth-order valence-electron chi connectivity index (χ4n) is 2.03. The van der Waals surface area contributed by atoms with Crippen molar-refractivity contribution in [2.75, 3.05) is 7.11 Å². The Balaban J connectivity index is 2.25. The summed E-state index contributed by atoms with van der Waals surface area (Å²) in [4.78, 5) is 38.9. The predicted molar refractivity (Wildman–Crippen MR) is 79.2 cm³/mol. The Labute approximate surface area is 143 Å². The van der Waals surface area contributed by atoms with Crippen molar-refractivity contribution in [1.29, 1.82) is 0 Å². The van der Waals surface area contributed by atoms with Crippen molar-refractivity contribution < 1.29 is 32.3 Å². The number of hydrogen-bond acceptors (Lipinski definition) is 5. The molecule has 0 saturated carbocycles. The molecule has 2 rings (SSSR count). The Morgan fingerprint density at radius 3 is 2.64 bits per heavy atom. The van der Waals surface area contributed by atoms with Crippen molar-refractivity contribution in [3.05, 3.63) is 35.2 Å². The number of methoxy groups -OCH3 is 1. The van der Waals surface area contributed by atoms with Crippen LogP contribution in [0.25, 0.3) is 5.65 Å². The third-order valence-electron chi connectivity index (χ3n) is 3.19. The van der Waals surface area contributed by atoms with Gasteiger partial charge in [0, 0.05) is 12.6 Å². The van der Waals surface area contributed by atoms with Crippen LogP contribution in [0.5, 0.6) is 0 Å². The van der Waals surface area contributed by atoms with Crippen LogP contribution >= 0.6 is 11.6 Å². The Hall–Kier alpha value is -2.62. The average molecular weight is 378 g/mol. The number of halogens is 4. The second-order valence-electron chi connectivity index (χ2n) is 4.89. The van der Waals surface area contributed by atoms with Crippen LogP contribution in [0.2, 0.25) is 5.02 Å². The highest BCUT2D eigenvalue weighted by Gasteiger charge is 2.41. The summed E-state index contributed by atoms with van der Waals surface area (Å²) < 4.78 is 42.7. The number of fused-ring (bicyclic) bond motifs is 1. The van der Waals surface area contributed by atoms with Gasteiger partial charge in [-0.3, -0.25) is 14.0 Å². The second kappa shape index (κ2) is 7.09.